The number of methoxy groups -OCH3 is 1. The van der Waals surface area contributed by atoms with Gasteiger partial charge in [-0.3, -0.25) is 0 Å². The molecule has 0 saturated carbocycles. The van der Waals surface area contributed by atoms with Gasteiger partial charge < -0.3 is 9.47 Å². The Hall–Kier alpha value is -2.00. The molecule has 2 rings (SSSR count). The normalized spacial score (nSPS) is 11.8. The molecule has 0 aliphatic heterocycles. The largest absolute Gasteiger partial charge is 0.472 e. The number of aryl methyl sites for hydroxylation is 1. The second-order valence-corrected chi connectivity index (χ2v) is 4.77. The Balaban J connectivity index is 2.31. The molecule has 1 unspecified atom stereocenters. The lowest BCUT2D eigenvalue weighted by Crippen LogP contribution is -2.20. The summed E-state index contributed by atoms with van der Waals surface area (Å²) < 4.78 is 10.5. The summed E-state index contributed by atoms with van der Waals surface area (Å²) in [6, 6.07) is 14.6. The van der Waals surface area contributed by atoms with E-state index in [1.807, 2.05) is 43.3 Å². The first kappa shape index (κ1) is 14.4. The summed E-state index contributed by atoms with van der Waals surface area (Å²) >= 11 is 6.13. The van der Waals surface area contributed by atoms with Crippen LogP contribution in [0.4, 0.5) is 0 Å². The first-order valence-corrected chi connectivity index (χ1v) is 6.55. The third kappa shape index (κ3) is 3.31. The Morgan fingerprint density at radius 2 is 1.85 bits per heavy atom. The summed E-state index contributed by atoms with van der Waals surface area (Å²) in [5, 5.41) is 0.467. The van der Waals surface area contributed by atoms with Crippen molar-refractivity contribution in [2.45, 2.75) is 13.0 Å². The Bertz CT molecular complexity index is 596. The van der Waals surface area contributed by atoms with E-state index < -0.39 is 12.1 Å². The van der Waals surface area contributed by atoms with Gasteiger partial charge in [0.1, 0.15) is 5.75 Å². The zero-order chi connectivity index (χ0) is 14.5. The van der Waals surface area contributed by atoms with Gasteiger partial charge in [0.05, 0.1) is 12.1 Å². The van der Waals surface area contributed by atoms with E-state index in [4.69, 9.17) is 21.1 Å². The molecule has 104 valence electrons. The van der Waals surface area contributed by atoms with Crippen LogP contribution in [0.1, 0.15) is 17.2 Å². The fourth-order valence-corrected chi connectivity index (χ4v) is 2.10. The molecule has 0 aromatic heterocycles. The minimum absolute atomic E-state index is 0.455. The zero-order valence-electron chi connectivity index (χ0n) is 11.3. The highest BCUT2D eigenvalue weighted by Gasteiger charge is 2.24. The van der Waals surface area contributed by atoms with E-state index in [-0.39, 0.29) is 0 Å². The molecule has 0 heterocycles. The number of carbonyl (C=O) groups excluding carboxylic acids is 1. The first-order valence-electron chi connectivity index (χ1n) is 6.17. The van der Waals surface area contributed by atoms with Crippen molar-refractivity contribution in [3.8, 4) is 5.75 Å². The zero-order valence-corrected chi connectivity index (χ0v) is 12.1. The van der Waals surface area contributed by atoms with Crippen LogP contribution in [0.25, 0.3) is 0 Å². The van der Waals surface area contributed by atoms with Gasteiger partial charge in [0.15, 0.2) is 0 Å². The molecule has 2 aromatic rings. The molecule has 0 N–H and O–H groups in total. The van der Waals surface area contributed by atoms with E-state index in [1.165, 1.54) is 7.11 Å². The third-order valence-electron chi connectivity index (χ3n) is 2.85. The van der Waals surface area contributed by atoms with Crippen molar-refractivity contribution < 1.29 is 14.3 Å². The molecule has 0 amide bonds. The number of carbonyl (C=O) groups is 1. The lowest BCUT2D eigenvalue weighted by Gasteiger charge is -2.18. The van der Waals surface area contributed by atoms with Crippen LogP contribution < -0.4 is 4.74 Å². The van der Waals surface area contributed by atoms with Crippen LogP contribution in [0.3, 0.4) is 0 Å². The number of benzene rings is 2. The van der Waals surface area contributed by atoms with Crippen molar-refractivity contribution in [3.05, 3.63) is 64.7 Å². The molecule has 0 spiro atoms. The van der Waals surface area contributed by atoms with Crippen LogP contribution in [0.15, 0.2) is 48.5 Å². The topological polar surface area (TPSA) is 35.5 Å². The molecule has 0 fully saturated rings. The molecule has 20 heavy (non-hydrogen) atoms. The molecule has 2 aromatic carbocycles. The minimum atomic E-state index is -0.832. The molecule has 0 aliphatic carbocycles. The number of hydrogen-bond donors (Lipinski definition) is 0. The molecule has 1 atom stereocenters. The third-order valence-corrected chi connectivity index (χ3v) is 3.15. The average Bonchev–Trinajstić information content (AvgIpc) is 2.46. The molecular weight excluding hydrogens is 276 g/mol. The van der Waals surface area contributed by atoms with Crippen molar-refractivity contribution in [3.63, 3.8) is 0 Å². The Labute approximate surface area is 123 Å². The highest BCUT2D eigenvalue weighted by Crippen LogP contribution is 2.30. The van der Waals surface area contributed by atoms with Gasteiger partial charge in [-0.15, -0.1) is 0 Å². The summed E-state index contributed by atoms with van der Waals surface area (Å²) in [6.45, 7) is 1.94. The quantitative estimate of drug-likeness (QED) is 0.800. The monoisotopic (exact) mass is 290 g/mol. The van der Waals surface area contributed by atoms with Gasteiger partial charge in [-0.1, -0.05) is 48.0 Å². The summed E-state index contributed by atoms with van der Waals surface area (Å²) in [5.41, 5.74) is 1.74. The predicted octanol–water partition coefficient (Wildman–Crippen LogP) is 3.94. The van der Waals surface area contributed by atoms with E-state index in [0.29, 0.717) is 10.8 Å². The number of ether oxygens (including phenoxy) is 2. The van der Waals surface area contributed by atoms with Crippen LogP contribution in [-0.4, -0.2) is 13.1 Å². The molecule has 0 saturated heterocycles. The first-order chi connectivity index (χ1) is 9.61. The SMILES string of the molecule is COC(=O)C(Oc1ccc(C)cc1Cl)c1ccccc1. The highest BCUT2D eigenvalue weighted by molar-refractivity contribution is 6.32. The van der Waals surface area contributed by atoms with Gasteiger partial charge in [0.2, 0.25) is 6.10 Å². The molecule has 4 heteroatoms. The fraction of sp³-hybridized carbons (Fsp3) is 0.188. The van der Waals surface area contributed by atoms with E-state index in [2.05, 4.69) is 0 Å². The van der Waals surface area contributed by atoms with Crippen LogP contribution in [0.2, 0.25) is 5.02 Å². The van der Waals surface area contributed by atoms with E-state index in [0.717, 1.165) is 11.1 Å². The van der Waals surface area contributed by atoms with Gasteiger partial charge in [-0.2, -0.15) is 0 Å². The van der Waals surface area contributed by atoms with Crippen molar-refractivity contribution in [1.29, 1.82) is 0 Å². The van der Waals surface area contributed by atoms with Crippen LogP contribution in [-0.2, 0) is 9.53 Å². The van der Waals surface area contributed by atoms with Crippen LogP contribution in [0.5, 0.6) is 5.75 Å². The smallest absolute Gasteiger partial charge is 0.351 e. The predicted molar refractivity (Wildman–Crippen MR) is 78.0 cm³/mol. The molecule has 3 nitrogen and oxygen atoms in total. The number of esters is 1. The van der Waals surface area contributed by atoms with E-state index in [9.17, 15) is 4.79 Å². The van der Waals surface area contributed by atoms with Gasteiger partial charge in [-0.05, 0) is 24.6 Å². The second kappa shape index (κ2) is 6.44. The Morgan fingerprint density at radius 1 is 1.15 bits per heavy atom. The molecule has 0 bridgehead atoms. The molecule has 0 radical (unpaired) electrons. The number of hydrogen-bond acceptors (Lipinski definition) is 3. The number of halogens is 1. The number of rotatable bonds is 4. The second-order valence-electron chi connectivity index (χ2n) is 4.37. The standard InChI is InChI=1S/C16H15ClO3/c1-11-8-9-14(13(17)10-11)20-15(16(18)19-2)12-6-4-3-5-7-12/h3-10,15H,1-2H3. The van der Waals surface area contributed by atoms with Crippen LogP contribution >= 0.6 is 11.6 Å². The molecular formula is C16H15ClO3. The summed E-state index contributed by atoms with van der Waals surface area (Å²) in [6.07, 6.45) is -0.832. The van der Waals surface area contributed by atoms with Crippen molar-refractivity contribution >= 4 is 17.6 Å². The Kier molecular flexibility index (Phi) is 4.64. The van der Waals surface area contributed by atoms with E-state index >= 15 is 0 Å². The van der Waals surface area contributed by atoms with Crippen LogP contribution in [0, 0.1) is 6.92 Å². The lowest BCUT2D eigenvalue weighted by atomic mass is 10.1. The summed E-state index contributed by atoms with van der Waals surface area (Å²) in [5.74, 6) is -0.00985. The van der Waals surface area contributed by atoms with Gasteiger partial charge in [0.25, 0.3) is 0 Å². The van der Waals surface area contributed by atoms with Gasteiger partial charge in [0, 0.05) is 5.56 Å². The maximum absolute atomic E-state index is 11.9. The molecule has 0 aliphatic rings. The lowest BCUT2D eigenvalue weighted by molar-refractivity contribution is -0.149. The van der Waals surface area contributed by atoms with E-state index in [1.54, 1.807) is 12.1 Å². The average molecular weight is 291 g/mol. The summed E-state index contributed by atoms with van der Waals surface area (Å²) in [7, 11) is 1.33. The van der Waals surface area contributed by atoms with Gasteiger partial charge in [-0.25, -0.2) is 4.79 Å². The maximum atomic E-state index is 11.9. The Morgan fingerprint density at radius 3 is 2.45 bits per heavy atom. The fourth-order valence-electron chi connectivity index (χ4n) is 1.82. The highest BCUT2D eigenvalue weighted by atomic mass is 35.5. The van der Waals surface area contributed by atoms with Crippen molar-refractivity contribution in [1.82, 2.24) is 0 Å². The summed E-state index contributed by atoms with van der Waals surface area (Å²) in [4.78, 5) is 11.9. The maximum Gasteiger partial charge on any atom is 0.351 e. The van der Waals surface area contributed by atoms with Crippen molar-refractivity contribution in [2.24, 2.45) is 0 Å². The minimum Gasteiger partial charge on any atom is -0.472 e. The van der Waals surface area contributed by atoms with Crippen molar-refractivity contribution in [2.75, 3.05) is 7.11 Å². The van der Waals surface area contributed by atoms with Gasteiger partial charge >= 0.3 is 5.97 Å².